The van der Waals surface area contributed by atoms with Crippen molar-refractivity contribution >= 4 is 11.6 Å². The van der Waals surface area contributed by atoms with Crippen molar-refractivity contribution in [2.75, 3.05) is 11.9 Å². The maximum absolute atomic E-state index is 12.0. The van der Waals surface area contributed by atoms with Gasteiger partial charge in [0.15, 0.2) is 0 Å². The van der Waals surface area contributed by atoms with Crippen LogP contribution in [0.2, 0.25) is 0 Å². The molecule has 1 amide bonds. The molecular weight excluding hydrogens is 252 g/mol. The lowest BCUT2D eigenvalue weighted by Gasteiger charge is -2.24. The van der Waals surface area contributed by atoms with Gasteiger partial charge in [-0.1, -0.05) is 6.92 Å². The Hall–Kier alpha value is -1.71. The van der Waals surface area contributed by atoms with Crippen molar-refractivity contribution in [3.8, 4) is 5.75 Å². The Kier molecular flexibility index (Phi) is 5.86. The van der Waals surface area contributed by atoms with Gasteiger partial charge >= 0.3 is 0 Å². The van der Waals surface area contributed by atoms with Gasteiger partial charge in [-0.25, -0.2) is 0 Å². The van der Waals surface area contributed by atoms with E-state index in [9.17, 15) is 4.79 Å². The molecule has 0 aliphatic rings. The highest BCUT2D eigenvalue weighted by molar-refractivity contribution is 5.84. The fraction of sp³-hybridized carbons (Fsp3) is 0.562. The predicted molar refractivity (Wildman–Crippen MR) is 83.2 cm³/mol. The molecule has 112 valence electrons. The molecule has 1 aromatic rings. The van der Waals surface area contributed by atoms with Crippen LogP contribution in [0.5, 0.6) is 5.75 Å². The van der Waals surface area contributed by atoms with Crippen LogP contribution < -0.4 is 15.4 Å². The topological polar surface area (TPSA) is 50.4 Å². The third kappa shape index (κ3) is 5.95. The van der Waals surface area contributed by atoms with Gasteiger partial charge in [0.25, 0.3) is 0 Å². The van der Waals surface area contributed by atoms with Gasteiger partial charge in [-0.05, 0) is 58.4 Å². The molecular formula is C16H26N2O2. The van der Waals surface area contributed by atoms with Crippen LogP contribution in [0.4, 0.5) is 5.69 Å². The second-order valence-corrected chi connectivity index (χ2v) is 5.98. The molecule has 0 aromatic heterocycles. The van der Waals surface area contributed by atoms with Gasteiger partial charge in [-0.15, -0.1) is 0 Å². The van der Waals surface area contributed by atoms with E-state index in [1.165, 1.54) is 0 Å². The van der Waals surface area contributed by atoms with Crippen LogP contribution in [0.25, 0.3) is 0 Å². The third-order valence-electron chi connectivity index (χ3n) is 2.60. The Morgan fingerprint density at radius 3 is 2.35 bits per heavy atom. The van der Waals surface area contributed by atoms with Crippen molar-refractivity contribution < 1.29 is 9.53 Å². The second kappa shape index (κ2) is 7.17. The zero-order chi connectivity index (χ0) is 15.2. The molecule has 0 aliphatic heterocycles. The molecule has 0 saturated heterocycles. The van der Waals surface area contributed by atoms with Crippen LogP contribution in [0.15, 0.2) is 24.3 Å². The first-order valence-electron chi connectivity index (χ1n) is 7.13. The molecule has 20 heavy (non-hydrogen) atoms. The normalized spacial score (nSPS) is 12.7. The number of nitrogens with one attached hydrogen (secondary N) is 2. The maximum atomic E-state index is 12.0. The predicted octanol–water partition coefficient (Wildman–Crippen LogP) is 3.19. The quantitative estimate of drug-likeness (QED) is 0.840. The molecule has 0 spiro atoms. The van der Waals surface area contributed by atoms with Gasteiger partial charge in [0, 0.05) is 11.2 Å². The molecule has 0 bridgehead atoms. The molecule has 1 aromatic carbocycles. The fourth-order valence-corrected chi connectivity index (χ4v) is 1.66. The number of benzene rings is 1. The average molecular weight is 278 g/mol. The summed E-state index contributed by atoms with van der Waals surface area (Å²) in [6, 6.07) is 7.38. The van der Waals surface area contributed by atoms with Gasteiger partial charge in [0.1, 0.15) is 11.8 Å². The Morgan fingerprint density at radius 2 is 1.85 bits per heavy atom. The largest absolute Gasteiger partial charge is 0.494 e. The van der Waals surface area contributed by atoms with Crippen molar-refractivity contribution in [1.82, 2.24) is 5.32 Å². The molecule has 1 rings (SSSR count). The number of hydrogen-bond acceptors (Lipinski definition) is 3. The van der Waals surface area contributed by atoms with Crippen LogP contribution in [0, 0.1) is 0 Å². The SMILES string of the molecule is CCCOc1ccc(NC(C)C(=O)NC(C)(C)C)cc1. The zero-order valence-corrected chi connectivity index (χ0v) is 13.1. The number of amides is 1. The van der Waals surface area contributed by atoms with E-state index >= 15 is 0 Å². The molecule has 2 N–H and O–H groups in total. The zero-order valence-electron chi connectivity index (χ0n) is 13.1. The molecule has 4 nitrogen and oxygen atoms in total. The molecule has 4 heteroatoms. The minimum Gasteiger partial charge on any atom is -0.494 e. The molecule has 1 atom stereocenters. The highest BCUT2D eigenvalue weighted by Crippen LogP contribution is 2.16. The number of carbonyl (C=O) groups is 1. The number of ether oxygens (including phenoxy) is 1. The van der Waals surface area contributed by atoms with Crippen molar-refractivity contribution in [1.29, 1.82) is 0 Å². The van der Waals surface area contributed by atoms with E-state index in [1.807, 2.05) is 52.0 Å². The van der Waals surface area contributed by atoms with Crippen molar-refractivity contribution in [3.05, 3.63) is 24.3 Å². The van der Waals surface area contributed by atoms with Crippen LogP contribution in [-0.4, -0.2) is 24.1 Å². The summed E-state index contributed by atoms with van der Waals surface area (Å²) >= 11 is 0. The van der Waals surface area contributed by atoms with Gasteiger partial charge in [0.2, 0.25) is 5.91 Å². The summed E-state index contributed by atoms with van der Waals surface area (Å²) in [6.07, 6.45) is 0.990. The molecule has 1 unspecified atom stereocenters. The maximum Gasteiger partial charge on any atom is 0.242 e. The van der Waals surface area contributed by atoms with Gasteiger partial charge < -0.3 is 15.4 Å². The summed E-state index contributed by atoms with van der Waals surface area (Å²) in [5.74, 6) is 0.841. The molecule has 0 aliphatic carbocycles. The Morgan fingerprint density at radius 1 is 1.25 bits per heavy atom. The average Bonchev–Trinajstić information content (AvgIpc) is 2.36. The minimum atomic E-state index is -0.281. The van der Waals surface area contributed by atoms with E-state index in [4.69, 9.17) is 4.74 Å². The number of hydrogen-bond donors (Lipinski definition) is 2. The highest BCUT2D eigenvalue weighted by Gasteiger charge is 2.18. The lowest BCUT2D eigenvalue weighted by Crippen LogP contribution is -2.47. The molecule has 0 radical (unpaired) electrons. The molecule has 0 fully saturated rings. The van der Waals surface area contributed by atoms with Crippen LogP contribution in [0.1, 0.15) is 41.0 Å². The second-order valence-electron chi connectivity index (χ2n) is 5.98. The van der Waals surface area contributed by atoms with Crippen molar-refractivity contribution in [3.63, 3.8) is 0 Å². The first kappa shape index (κ1) is 16.3. The van der Waals surface area contributed by atoms with Crippen LogP contribution in [-0.2, 0) is 4.79 Å². The Balaban J connectivity index is 2.53. The summed E-state index contributed by atoms with van der Waals surface area (Å²) in [5, 5.41) is 6.13. The molecule has 0 heterocycles. The summed E-state index contributed by atoms with van der Waals surface area (Å²) in [7, 11) is 0. The fourth-order valence-electron chi connectivity index (χ4n) is 1.66. The summed E-state index contributed by atoms with van der Waals surface area (Å²) in [5.41, 5.74) is 0.690. The van der Waals surface area contributed by atoms with Gasteiger partial charge in [0.05, 0.1) is 6.61 Å². The lowest BCUT2D eigenvalue weighted by molar-refractivity contribution is -0.122. The minimum absolute atomic E-state index is 0.0104. The van der Waals surface area contributed by atoms with E-state index in [0.717, 1.165) is 24.5 Å². The van der Waals surface area contributed by atoms with Gasteiger partial charge in [-0.3, -0.25) is 4.79 Å². The van der Waals surface area contributed by atoms with Gasteiger partial charge in [-0.2, -0.15) is 0 Å². The highest BCUT2D eigenvalue weighted by atomic mass is 16.5. The van der Waals surface area contributed by atoms with Crippen LogP contribution in [0.3, 0.4) is 0 Å². The molecule has 0 saturated carbocycles. The van der Waals surface area contributed by atoms with Crippen molar-refractivity contribution in [2.45, 2.75) is 52.6 Å². The van der Waals surface area contributed by atoms with E-state index in [2.05, 4.69) is 17.6 Å². The van der Waals surface area contributed by atoms with E-state index in [0.29, 0.717) is 0 Å². The number of anilines is 1. The van der Waals surface area contributed by atoms with E-state index < -0.39 is 0 Å². The smallest absolute Gasteiger partial charge is 0.242 e. The Bertz CT molecular complexity index is 421. The van der Waals surface area contributed by atoms with Crippen LogP contribution >= 0.6 is 0 Å². The first-order chi connectivity index (χ1) is 9.31. The summed E-state index contributed by atoms with van der Waals surface area (Å²) in [4.78, 5) is 12.0. The van der Waals surface area contributed by atoms with Crippen molar-refractivity contribution in [2.24, 2.45) is 0 Å². The number of carbonyl (C=O) groups excluding carboxylic acids is 1. The summed E-state index contributed by atoms with van der Waals surface area (Å²) < 4.78 is 5.52. The Labute approximate surface area is 121 Å². The number of rotatable bonds is 6. The lowest BCUT2D eigenvalue weighted by atomic mass is 10.1. The summed E-state index contributed by atoms with van der Waals surface area (Å²) in [6.45, 7) is 10.6. The first-order valence-corrected chi connectivity index (χ1v) is 7.13. The standard InChI is InChI=1S/C16H26N2O2/c1-6-11-20-14-9-7-13(8-10-14)17-12(2)15(19)18-16(3,4)5/h7-10,12,17H,6,11H2,1-5H3,(H,18,19). The van der Waals surface area contributed by atoms with E-state index in [-0.39, 0.29) is 17.5 Å². The van der Waals surface area contributed by atoms with E-state index in [1.54, 1.807) is 0 Å². The monoisotopic (exact) mass is 278 g/mol. The third-order valence-corrected chi connectivity index (χ3v) is 2.60.